The lowest BCUT2D eigenvalue weighted by Crippen LogP contribution is -2.14. The third kappa shape index (κ3) is 5.30. The molecule has 1 aliphatic rings. The number of aromatic nitrogens is 1. The van der Waals surface area contributed by atoms with Crippen molar-refractivity contribution in [1.82, 2.24) is 9.88 Å². The van der Waals surface area contributed by atoms with Crippen molar-refractivity contribution < 1.29 is 14.6 Å². The summed E-state index contributed by atoms with van der Waals surface area (Å²) in [5, 5.41) is 11.6. The van der Waals surface area contributed by atoms with E-state index in [2.05, 4.69) is 38.3 Å². The van der Waals surface area contributed by atoms with E-state index in [1.54, 1.807) is 0 Å². The van der Waals surface area contributed by atoms with Crippen LogP contribution in [0.25, 0.3) is 16.6 Å². The first-order valence-corrected chi connectivity index (χ1v) is 10.8. The standard InChI is InChI=1S/C23H26N2O3.C3H8/c1-5-16-17-9-7-8-10-20(17)24-23-19(16)12-25(3)21(23)11-18(22(27)6-2)15(13-26)14-28-4;1-3-2/h6-11,13,22,27H,2,5,12,14H2,1,3-4H3;3H2,1-2H3/b18-15-,21-11-;. The summed E-state index contributed by atoms with van der Waals surface area (Å²) in [6.45, 7) is 10.9. The summed E-state index contributed by atoms with van der Waals surface area (Å²) in [7, 11) is 3.51. The number of aliphatic hydroxyl groups is 1. The molecule has 0 saturated carbocycles. The van der Waals surface area contributed by atoms with E-state index in [4.69, 9.17) is 9.72 Å². The van der Waals surface area contributed by atoms with Crippen LogP contribution in [-0.2, 0) is 22.5 Å². The first kappa shape index (κ1) is 24.5. The van der Waals surface area contributed by atoms with Gasteiger partial charge in [0.2, 0.25) is 0 Å². The van der Waals surface area contributed by atoms with E-state index in [-0.39, 0.29) is 6.61 Å². The van der Waals surface area contributed by atoms with Gasteiger partial charge in [0.05, 0.1) is 29.6 Å². The quantitative estimate of drug-likeness (QED) is 0.398. The highest BCUT2D eigenvalue weighted by atomic mass is 16.5. The number of nitrogens with zero attached hydrogens (tertiary/aromatic N) is 2. The minimum absolute atomic E-state index is 0.120. The molecule has 5 nitrogen and oxygen atoms in total. The summed E-state index contributed by atoms with van der Waals surface area (Å²) in [6.07, 6.45) is 5.17. The van der Waals surface area contributed by atoms with Crippen LogP contribution in [0.2, 0.25) is 0 Å². The molecule has 1 N–H and O–H groups in total. The number of para-hydroxylation sites is 1. The smallest absolute Gasteiger partial charge is 0.148 e. The van der Waals surface area contributed by atoms with Gasteiger partial charge in [-0.1, -0.05) is 51.5 Å². The van der Waals surface area contributed by atoms with Gasteiger partial charge in [-0.3, -0.25) is 4.79 Å². The average molecular weight is 423 g/mol. The van der Waals surface area contributed by atoms with E-state index >= 15 is 0 Å². The predicted molar refractivity (Wildman–Crippen MR) is 128 cm³/mol. The van der Waals surface area contributed by atoms with Crippen molar-refractivity contribution in [1.29, 1.82) is 0 Å². The number of hydrogen-bond acceptors (Lipinski definition) is 5. The number of hydrogen-bond donors (Lipinski definition) is 1. The van der Waals surface area contributed by atoms with Crippen LogP contribution in [0.3, 0.4) is 0 Å². The minimum Gasteiger partial charge on any atom is -0.384 e. The number of carbonyl (C=O) groups excluding carboxylic acids is 1. The Morgan fingerprint density at radius 3 is 2.58 bits per heavy atom. The number of rotatable bonds is 7. The summed E-state index contributed by atoms with van der Waals surface area (Å²) in [5.41, 5.74) is 6.08. The zero-order chi connectivity index (χ0) is 23.0. The highest BCUT2D eigenvalue weighted by Crippen LogP contribution is 2.37. The second-order valence-corrected chi connectivity index (χ2v) is 7.59. The number of benzene rings is 1. The maximum absolute atomic E-state index is 11.6. The zero-order valence-electron chi connectivity index (χ0n) is 19.3. The number of aldehydes is 1. The average Bonchev–Trinajstić information content (AvgIpc) is 3.08. The van der Waals surface area contributed by atoms with Gasteiger partial charge in [-0.2, -0.15) is 0 Å². The molecule has 1 unspecified atom stereocenters. The van der Waals surface area contributed by atoms with Crippen molar-refractivity contribution in [2.75, 3.05) is 20.8 Å². The lowest BCUT2D eigenvalue weighted by Gasteiger charge is -2.17. The Balaban J connectivity index is 0.00000107. The Hall–Kier alpha value is -2.76. The molecular formula is C26H34N2O3. The van der Waals surface area contributed by atoms with Crippen LogP contribution >= 0.6 is 0 Å². The number of methoxy groups -OCH3 is 1. The summed E-state index contributed by atoms with van der Waals surface area (Å²) >= 11 is 0. The van der Waals surface area contributed by atoms with Gasteiger partial charge in [0.25, 0.3) is 0 Å². The molecule has 1 aliphatic heterocycles. The van der Waals surface area contributed by atoms with Crippen molar-refractivity contribution in [2.45, 2.75) is 46.3 Å². The first-order valence-electron chi connectivity index (χ1n) is 10.8. The monoisotopic (exact) mass is 422 g/mol. The number of fused-ring (bicyclic) bond motifs is 2. The second kappa shape index (κ2) is 11.6. The van der Waals surface area contributed by atoms with E-state index < -0.39 is 6.10 Å². The van der Waals surface area contributed by atoms with Crippen molar-refractivity contribution in [3.8, 4) is 0 Å². The summed E-state index contributed by atoms with van der Waals surface area (Å²) in [5.74, 6) is 0. The third-order valence-electron chi connectivity index (χ3n) is 5.16. The molecule has 1 aromatic heterocycles. The van der Waals surface area contributed by atoms with Crippen LogP contribution in [0, 0.1) is 0 Å². The molecule has 0 amide bonds. The van der Waals surface area contributed by atoms with Gasteiger partial charge >= 0.3 is 0 Å². The van der Waals surface area contributed by atoms with Gasteiger partial charge in [-0.25, -0.2) is 4.98 Å². The van der Waals surface area contributed by atoms with Gasteiger partial charge in [0.1, 0.15) is 6.29 Å². The predicted octanol–water partition coefficient (Wildman–Crippen LogP) is 4.69. The van der Waals surface area contributed by atoms with E-state index in [0.717, 1.165) is 36.2 Å². The van der Waals surface area contributed by atoms with E-state index in [1.165, 1.54) is 36.1 Å². The largest absolute Gasteiger partial charge is 0.384 e. The Labute approximate surface area is 185 Å². The molecular weight excluding hydrogens is 388 g/mol. The summed E-state index contributed by atoms with van der Waals surface area (Å²) in [6, 6.07) is 8.15. The molecule has 1 atom stereocenters. The Morgan fingerprint density at radius 1 is 1.32 bits per heavy atom. The molecule has 0 spiro atoms. The first-order chi connectivity index (χ1) is 15.0. The fourth-order valence-electron chi connectivity index (χ4n) is 3.77. The van der Waals surface area contributed by atoms with Crippen LogP contribution in [-0.4, -0.2) is 48.1 Å². The number of pyridine rings is 1. The molecule has 0 aliphatic carbocycles. The van der Waals surface area contributed by atoms with Gasteiger partial charge in [-0.15, -0.1) is 6.58 Å². The zero-order valence-corrected chi connectivity index (χ0v) is 19.3. The number of aliphatic hydroxyl groups excluding tert-OH is 1. The number of ether oxygens (including phenoxy) is 1. The molecule has 166 valence electrons. The summed E-state index contributed by atoms with van der Waals surface area (Å²) < 4.78 is 5.13. The van der Waals surface area contributed by atoms with Gasteiger partial charge in [-0.05, 0) is 29.7 Å². The highest BCUT2D eigenvalue weighted by molar-refractivity contribution is 5.88. The van der Waals surface area contributed by atoms with Crippen LogP contribution < -0.4 is 0 Å². The Morgan fingerprint density at radius 2 is 2.00 bits per heavy atom. The van der Waals surface area contributed by atoms with Crippen LogP contribution in [0.4, 0.5) is 0 Å². The van der Waals surface area contributed by atoms with E-state index in [0.29, 0.717) is 11.1 Å². The van der Waals surface area contributed by atoms with Gasteiger partial charge in [0, 0.05) is 37.2 Å². The molecule has 0 bridgehead atoms. The molecule has 0 fully saturated rings. The summed E-state index contributed by atoms with van der Waals surface area (Å²) in [4.78, 5) is 18.6. The molecule has 2 aromatic rings. The maximum atomic E-state index is 11.6. The van der Waals surface area contributed by atoms with Crippen LogP contribution in [0.1, 0.15) is 44.0 Å². The fourth-order valence-corrected chi connectivity index (χ4v) is 3.77. The van der Waals surface area contributed by atoms with Crippen molar-refractivity contribution in [3.05, 3.63) is 71.0 Å². The Kier molecular flexibility index (Phi) is 9.16. The van der Waals surface area contributed by atoms with Gasteiger partial charge < -0.3 is 14.7 Å². The molecule has 5 heteroatoms. The topological polar surface area (TPSA) is 62.7 Å². The lowest BCUT2D eigenvalue weighted by molar-refractivity contribution is -0.105. The van der Waals surface area contributed by atoms with E-state index in [1.807, 2.05) is 31.3 Å². The molecule has 0 saturated heterocycles. The molecule has 2 heterocycles. The minimum atomic E-state index is -0.966. The van der Waals surface area contributed by atoms with E-state index in [9.17, 15) is 9.90 Å². The Bertz CT molecular complexity index is 992. The fraction of sp³-hybridized carbons (Fsp3) is 0.385. The number of aryl methyl sites for hydroxylation is 1. The lowest BCUT2D eigenvalue weighted by atomic mass is 9.97. The molecule has 0 radical (unpaired) electrons. The maximum Gasteiger partial charge on any atom is 0.148 e. The third-order valence-corrected chi connectivity index (χ3v) is 5.16. The number of carbonyl (C=O) groups is 1. The molecule has 3 rings (SSSR count). The van der Waals surface area contributed by atoms with Crippen molar-refractivity contribution in [3.63, 3.8) is 0 Å². The second-order valence-electron chi connectivity index (χ2n) is 7.59. The highest BCUT2D eigenvalue weighted by Gasteiger charge is 2.27. The SMILES string of the molecule is C=CC(O)C(/C=C1/c2nc3ccccc3c(CC)c2CN1C)=C(/C=O)COC.CCC. The van der Waals surface area contributed by atoms with Crippen molar-refractivity contribution in [2.24, 2.45) is 0 Å². The van der Waals surface area contributed by atoms with Gasteiger partial charge in [0.15, 0.2) is 0 Å². The van der Waals surface area contributed by atoms with Crippen LogP contribution in [0.5, 0.6) is 0 Å². The molecule has 1 aromatic carbocycles. The van der Waals surface area contributed by atoms with Crippen LogP contribution in [0.15, 0.2) is 54.1 Å². The van der Waals surface area contributed by atoms with Crippen molar-refractivity contribution >= 4 is 22.9 Å². The molecule has 31 heavy (non-hydrogen) atoms. The normalized spacial score (nSPS) is 15.8.